The highest BCUT2D eigenvalue weighted by molar-refractivity contribution is 5.94. The largest absolute Gasteiger partial charge is 0.405 e. The van der Waals surface area contributed by atoms with E-state index in [1.54, 1.807) is 5.32 Å². The molecular weight excluding hydrogens is 561 g/mol. The van der Waals surface area contributed by atoms with E-state index in [-0.39, 0.29) is 11.1 Å². The molecule has 0 aliphatic carbocycles. The maximum atomic E-state index is 15.8. The summed E-state index contributed by atoms with van der Waals surface area (Å²) < 4.78 is 97.2. The van der Waals surface area contributed by atoms with Crippen molar-refractivity contribution in [1.29, 1.82) is 0 Å². The molecule has 1 amide bonds. The Hall–Kier alpha value is -4.84. The Bertz CT molecular complexity index is 1580. The van der Waals surface area contributed by atoms with Crippen LogP contribution in [0.3, 0.4) is 0 Å². The minimum atomic E-state index is -4.56. The fourth-order valence-corrected chi connectivity index (χ4v) is 3.66. The van der Waals surface area contributed by atoms with Gasteiger partial charge in [0, 0.05) is 34.5 Å². The van der Waals surface area contributed by atoms with Crippen molar-refractivity contribution in [2.45, 2.75) is 24.2 Å². The van der Waals surface area contributed by atoms with Crippen LogP contribution in [0.15, 0.2) is 67.1 Å². The molecule has 2 heterocycles. The minimum Gasteiger partial charge on any atom is -0.377 e. The third-order valence-electron chi connectivity index (χ3n) is 5.71. The summed E-state index contributed by atoms with van der Waals surface area (Å²) in [6.45, 7) is -2.49. The van der Waals surface area contributed by atoms with Crippen LogP contribution in [0.4, 0.5) is 30.7 Å². The predicted molar refractivity (Wildman–Crippen MR) is 127 cm³/mol. The summed E-state index contributed by atoms with van der Waals surface area (Å²) in [6, 6.07) is 9.06. The predicted octanol–water partition coefficient (Wildman–Crippen LogP) is 3.72. The summed E-state index contributed by atoms with van der Waals surface area (Å²) in [7, 11) is 0. The lowest BCUT2D eigenvalue weighted by Crippen LogP contribution is -2.48. The Morgan fingerprint density at radius 1 is 0.951 bits per heavy atom. The highest BCUT2D eigenvalue weighted by Gasteiger charge is 2.58. The Labute approximate surface area is 226 Å². The summed E-state index contributed by atoms with van der Waals surface area (Å²) in [4.78, 5) is 15.5. The Kier molecular flexibility index (Phi) is 8.06. The molecule has 15 heteroatoms. The molecule has 41 heavy (non-hydrogen) atoms. The second kappa shape index (κ2) is 11.3. The average molecular weight is 578 g/mol. The number of halogens is 7. The second-order valence-electron chi connectivity index (χ2n) is 8.62. The minimum absolute atomic E-state index is 0.0280. The van der Waals surface area contributed by atoms with Gasteiger partial charge in [-0.25, -0.2) is 13.5 Å². The lowest BCUT2D eigenvalue weighted by molar-refractivity contribution is -0.207. The zero-order chi connectivity index (χ0) is 29.8. The number of alkyl halides is 5. The molecule has 8 nitrogen and oxygen atoms in total. The number of hydrogen-bond donors (Lipinski definition) is 2. The first-order valence-electron chi connectivity index (χ1n) is 11.5. The SMILES string of the molecule is O=C(NCC(F)(F)F)c1ccc(C#Cc2ccc(C(F)(F)C(O)(Cn3cnnn3)c3ccc(F)cc3F)nc2)cc1. The number of carbonyl (C=O) groups excluding carboxylic acids is 1. The standard InChI is InChI=1S/C26H17F7N6O2/c27-19-8-9-20(21(28)11-19)24(41,14-39-15-36-37-38-39)26(32,33)22-10-5-17(12-34-22)2-1-16-3-6-18(7-4-16)23(40)35-13-25(29,30)31/h3-12,15,41H,13-14H2,(H,35,40). The molecule has 0 saturated heterocycles. The number of aromatic nitrogens is 5. The third-order valence-corrected chi connectivity index (χ3v) is 5.71. The number of benzene rings is 2. The smallest absolute Gasteiger partial charge is 0.377 e. The number of tetrazole rings is 1. The molecule has 2 N–H and O–H groups in total. The van der Waals surface area contributed by atoms with Gasteiger partial charge in [-0.05, 0) is 59.0 Å². The topological polar surface area (TPSA) is 106 Å². The van der Waals surface area contributed by atoms with Gasteiger partial charge in [-0.2, -0.15) is 22.0 Å². The van der Waals surface area contributed by atoms with Crippen LogP contribution in [0.25, 0.3) is 0 Å². The summed E-state index contributed by atoms with van der Waals surface area (Å²) in [5.41, 5.74) is -4.69. The lowest BCUT2D eigenvalue weighted by Gasteiger charge is -2.35. The van der Waals surface area contributed by atoms with Crippen LogP contribution in [0.2, 0.25) is 0 Å². The van der Waals surface area contributed by atoms with E-state index in [0.717, 1.165) is 23.3 Å². The van der Waals surface area contributed by atoms with Gasteiger partial charge >= 0.3 is 12.1 Å². The van der Waals surface area contributed by atoms with Crippen molar-refractivity contribution < 1.29 is 40.6 Å². The van der Waals surface area contributed by atoms with Crippen LogP contribution >= 0.6 is 0 Å². The molecule has 1 unspecified atom stereocenters. The summed E-state index contributed by atoms with van der Waals surface area (Å²) in [5, 5.41) is 23.0. The molecule has 2 aromatic heterocycles. The van der Waals surface area contributed by atoms with Crippen molar-refractivity contribution in [2.75, 3.05) is 6.54 Å². The zero-order valence-corrected chi connectivity index (χ0v) is 20.5. The van der Waals surface area contributed by atoms with Gasteiger partial charge in [0.15, 0.2) is 5.60 Å². The molecule has 0 saturated carbocycles. The van der Waals surface area contributed by atoms with E-state index < -0.39 is 59.6 Å². The first kappa shape index (κ1) is 29.2. The summed E-state index contributed by atoms with van der Waals surface area (Å²) in [5.74, 6) is -2.29. The van der Waals surface area contributed by atoms with E-state index in [1.165, 1.54) is 30.3 Å². The van der Waals surface area contributed by atoms with Gasteiger partial charge in [0.05, 0.1) is 6.54 Å². The Morgan fingerprint density at radius 3 is 2.22 bits per heavy atom. The van der Waals surface area contributed by atoms with Crippen molar-refractivity contribution in [1.82, 2.24) is 30.5 Å². The fraction of sp³-hybridized carbons (Fsp3) is 0.192. The number of rotatable bonds is 7. The molecule has 1 atom stereocenters. The first-order valence-corrected chi connectivity index (χ1v) is 11.5. The Balaban J connectivity index is 1.56. The van der Waals surface area contributed by atoms with Gasteiger partial charge < -0.3 is 10.4 Å². The molecule has 0 aliphatic heterocycles. The van der Waals surface area contributed by atoms with Crippen LogP contribution in [0.5, 0.6) is 0 Å². The normalized spacial score (nSPS) is 13.2. The van der Waals surface area contributed by atoms with Crippen LogP contribution in [-0.4, -0.2) is 48.9 Å². The van der Waals surface area contributed by atoms with Crippen molar-refractivity contribution in [3.05, 3.63) is 107 Å². The van der Waals surface area contributed by atoms with Crippen LogP contribution in [0, 0.1) is 23.5 Å². The Morgan fingerprint density at radius 2 is 1.63 bits per heavy atom. The number of amides is 1. The molecule has 4 aromatic rings. The summed E-state index contributed by atoms with van der Waals surface area (Å²) >= 11 is 0. The molecule has 0 bridgehead atoms. The number of nitrogens with zero attached hydrogens (tertiary/aromatic N) is 5. The third kappa shape index (κ3) is 6.67. The van der Waals surface area contributed by atoms with E-state index in [0.29, 0.717) is 23.8 Å². The van der Waals surface area contributed by atoms with E-state index >= 15 is 8.78 Å². The van der Waals surface area contributed by atoms with Crippen LogP contribution < -0.4 is 5.32 Å². The van der Waals surface area contributed by atoms with Gasteiger partial charge in [-0.1, -0.05) is 11.8 Å². The number of nitrogens with one attached hydrogen (secondary N) is 1. The second-order valence-corrected chi connectivity index (χ2v) is 8.62. The van der Waals surface area contributed by atoms with E-state index in [9.17, 15) is 31.9 Å². The quantitative estimate of drug-likeness (QED) is 0.256. The molecular formula is C26H17F7N6O2. The van der Waals surface area contributed by atoms with Crippen molar-refractivity contribution >= 4 is 5.91 Å². The maximum absolute atomic E-state index is 15.8. The van der Waals surface area contributed by atoms with Crippen molar-refractivity contribution in [2.24, 2.45) is 0 Å². The van der Waals surface area contributed by atoms with Crippen molar-refractivity contribution in [3.8, 4) is 11.8 Å². The van der Waals surface area contributed by atoms with Crippen molar-refractivity contribution in [3.63, 3.8) is 0 Å². The number of carbonyl (C=O) groups is 1. The molecule has 0 aliphatic rings. The van der Waals surface area contributed by atoms with Gasteiger partial charge in [0.1, 0.15) is 30.2 Å². The van der Waals surface area contributed by atoms with Crippen LogP contribution in [0.1, 0.15) is 32.7 Å². The molecule has 0 spiro atoms. The van der Waals surface area contributed by atoms with Gasteiger partial charge in [-0.15, -0.1) is 5.10 Å². The highest BCUT2D eigenvalue weighted by Crippen LogP contribution is 2.46. The lowest BCUT2D eigenvalue weighted by atomic mass is 9.84. The number of hydrogen-bond acceptors (Lipinski definition) is 6. The van der Waals surface area contributed by atoms with Gasteiger partial charge in [0.25, 0.3) is 5.91 Å². The molecule has 212 valence electrons. The molecule has 2 aromatic carbocycles. The highest BCUT2D eigenvalue weighted by atomic mass is 19.4. The van der Waals surface area contributed by atoms with E-state index in [1.807, 2.05) is 0 Å². The molecule has 0 radical (unpaired) electrons. The van der Waals surface area contributed by atoms with E-state index in [2.05, 4.69) is 32.4 Å². The van der Waals surface area contributed by atoms with Crippen LogP contribution in [-0.2, 0) is 18.1 Å². The number of aliphatic hydroxyl groups is 1. The average Bonchev–Trinajstić information content (AvgIpc) is 3.43. The zero-order valence-electron chi connectivity index (χ0n) is 20.5. The maximum Gasteiger partial charge on any atom is 0.405 e. The van der Waals surface area contributed by atoms with E-state index in [4.69, 9.17) is 0 Å². The van der Waals surface area contributed by atoms with Gasteiger partial charge in [-0.3, -0.25) is 9.78 Å². The monoisotopic (exact) mass is 578 g/mol. The van der Waals surface area contributed by atoms with Gasteiger partial charge in [0.2, 0.25) is 0 Å². The molecule has 0 fully saturated rings. The molecule has 4 rings (SSSR count). The fourth-order valence-electron chi connectivity index (χ4n) is 3.66. The summed E-state index contributed by atoms with van der Waals surface area (Å²) in [6.07, 6.45) is -2.65. The number of pyridine rings is 1. The first-order chi connectivity index (χ1) is 19.3.